The van der Waals surface area contributed by atoms with Gasteiger partial charge in [-0.2, -0.15) is 0 Å². The number of hydrogen-bond donors (Lipinski definition) is 2. The molecule has 0 aromatic heterocycles. The maximum absolute atomic E-state index is 11.9. The highest BCUT2D eigenvalue weighted by atomic mass is 16.6. The molecule has 0 bridgehead atoms. The van der Waals surface area contributed by atoms with Crippen LogP contribution in [0, 0.1) is 5.41 Å². The Kier molecular flexibility index (Phi) is 13.6. The number of aliphatic hydroxyl groups excluding tert-OH is 2. The molecule has 8 nitrogen and oxygen atoms in total. The topological polar surface area (TPSA) is 112 Å². The summed E-state index contributed by atoms with van der Waals surface area (Å²) < 4.78 is 21.6. The van der Waals surface area contributed by atoms with Gasteiger partial charge in [-0.25, -0.2) is 9.59 Å². The van der Waals surface area contributed by atoms with Crippen LogP contribution in [0.1, 0.15) is 73.6 Å². The number of aliphatic hydroxyl groups is 2. The molecule has 1 aromatic rings. The van der Waals surface area contributed by atoms with Gasteiger partial charge < -0.3 is 29.2 Å². The van der Waals surface area contributed by atoms with E-state index in [2.05, 4.69) is 20.8 Å². The fraction of sp³-hybridized carbons (Fsp3) is 0.643. The first-order chi connectivity index (χ1) is 17.0. The number of carbonyl (C=O) groups is 2. The van der Waals surface area contributed by atoms with Crippen molar-refractivity contribution < 1.29 is 38.7 Å². The number of ether oxygens (including phenoxy) is 4. The van der Waals surface area contributed by atoms with E-state index in [1.807, 2.05) is 20.8 Å². The zero-order valence-electron chi connectivity index (χ0n) is 22.6. The molecule has 0 heterocycles. The molecular formula is C28H44O8. The number of esters is 2. The Morgan fingerprint density at radius 2 is 1.36 bits per heavy atom. The van der Waals surface area contributed by atoms with Gasteiger partial charge in [-0.15, -0.1) is 0 Å². The van der Waals surface area contributed by atoms with Crippen molar-refractivity contribution in [2.24, 2.45) is 5.41 Å². The molecule has 36 heavy (non-hydrogen) atoms. The van der Waals surface area contributed by atoms with Crippen molar-refractivity contribution in [2.75, 3.05) is 19.8 Å². The second-order valence-corrected chi connectivity index (χ2v) is 9.67. The molecule has 0 amide bonds. The highest BCUT2D eigenvalue weighted by Crippen LogP contribution is 2.31. The second-order valence-electron chi connectivity index (χ2n) is 9.67. The minimum absolute atomic E-state index is 0.0813. The van der Waals surface area contributed by atoms with Gasteiger partial charge >= 0.3 is 11.9 Å². The molecule has 2 N–H and O–H groups in total. The fourth-order valence-electron chi connectivity index (χ4n) is 3.29. The third-order valence-electron chi connectivity index (χ3n) is 6.74. The number of carbonyl (C=O) groups excluding carboxylic acids is 2. The molecule has 204 valence electrons. The lowest BCUT2D eigenvalue weighted by Gasteiger charge is -2.29. The molecule has 0 aliphatic carbocycles. The van der Waals surface area contributed by atoms with E-state index in [1.165, 1.54) is 0 Å². The highest BCUT2D eigenvalue weighted by Gasteiger charge is 2.24. The van der Waals surface area contributed by atoms with Crippen LogP contribution in [0.25, 0.3) is 0 Å². The summed E-state index contributed by atoms with van der Waals surface area (Å²) in [6.07, 6.45) is 4.31. The Bertz CT molecular complexity index is 827. The van der Waals surface area contributed by atoms with Crippen molar-refractivity contribution in [1.29, 1.82) is 0 Å². The lowest BCUT2D eigenvalue weighted by molar-refractivity contribution is -0.153. The summed E-state index contributed by atoms with van der Waals surface area (Å²) >= 11 is 0. The van der Waals surface area contributed by atoms with Crippen LogP contribution in [-0.2, 0) is 19.1 Å². The fourth-order valence-corrected chi connectivity index (χ4v) is 3.29. The maximum atomic E-state index is 11.9. The van der Waals surface area contributed by atoms with E-state index < -0.39 is 29.7 Å². The van der Waals surface area contributed by atoms with Gasteiger partial charge in [0, 0.05) is 18.2 Å². The quantitative estimate of drug-likeness (QED) is 0.232. The first kappa shape index (κ1) is 31.4. The third kappa shape index (κ3) is 11.9. The Balaban J connectivity index is 2.42. The normalized spacial score (nSPS) is 13.8. The van der Waals surface area contributed by atoms with Crippen molar-refractivity contribution in [2.45, 2.75) is 91.5 Å². The standard InChI is InChI=1S/C28H44O8/c1-7-27(5,8-2)17-21(29)18-33-23-12-11-13-24(16-23)34-19-22(30)20-35-25(31)14-15-26(32)36-28(6,9-3)10-4/h11-16,21-22,29-30H,7-10,17-20H2,1-6H3/b15-14+. The van der Waals surface area contributed by atoms with Crippen molar-refractivity contribution >= 4 is 11.9 Å². The van der Waals surface area contributed by atoms with Crippen LogP contribution in [0.2, 0.25) is 0 Å². The number of benzene rings is 1. The van der Waals surface area contributed by atoms with Crippen LogP contribution in [0.15, 0.2) is 36.4 Å². The molecule has 2 atom stereocenters. The molecule has 0 fully saturated rings. The SMILES string of the molecule is CCC(C)(CC)CC(O)COc1cccc(OCC(O)COC(=O)/C=C/C(=O)OC(C)(CC)CC)c1. The zero-order valence-corrected chi connectivity index (χ0v) is 22.6. The van der Waals surface area contributed by atoms with Crippen LogP contribution in [-0.4, -0.2) is 59.8 Å². The predicted molar refractivity (Wildman–Crippen MR) is 138 cm³/mol. The molecule has 0 spiro atoms. The average Bonchev–Trinajstić information content (AvgIpc) is 2.88. The molecule has 2 unspecified atom stereocenters. The monoisotopic (exact) mass is 508 g/mol. The van der Waals surface area contributed by atoms with Crippen LogP contribution in [0.3, 0.4) is 0 Å². The van der Waals surface area contributed by atoms with Gasteiger partial charge in [0.05, 0.1) is 6.10 Å². The summed E-state index contributed by atoms with van der Waals surface area (Å²) in [6, 6.07) is 6.89. The molecule has 0 aliphatic heterocycles. The molecule has 1 rings (SSSR count). The van der Waals surface area contributed by atoms with Crippen molar-refractivity contribution in [3.05, 3.63) is 36.4 Å². The number of rotatable bonds is 17. The smallest absolute Gasteiger partial charge is 0.331 e. The summed E-state index contributed by atoms with van der Waals surface area (Å²) in [7, 11) is 0. The molecule has 0 saturated heterocycles. The summed E-state index contributed by atoms with van der Waals surface area (Å²) in [5.41, 5.74) is -0.496. The van der Waals surface area contributed by atoms with E-state index in [-0.39, 0.29) is 25.2 Å². The minimum atomic E-state index is -1.06. The molecule has 0 radical (unpaired) electrons. The van der Waals surface area contributed by atoms with E-state index >= 15 is 0 Å². The third-order valence-corrected chi connectivity index (χ3v) is 6.74. The Labute approximate surface area is 215 Å². The van der Waals surface area contributed by atoms with Gasteiger partial charge in [-0.3, -0.25) is 0 Å². The first-order valence-electron chi connectivity index (χ1n) is 12.8. The largest absolute Gasteiger partial charge is 0.491 e. The Morgan fingerprint density at radius 1 is 0.833 bits per heavy atom. The molecule has 0 aliphatic rings. The van der Waals surface area contributed by atoms with E-state index in [0.717, 1.165) is 25.0 Å². The highest BCUT2D eigenvalue weighted by molar-refractivity contribution is 5.91. The average molecular weight is 509 g/mol. The van der Waals surface area contributed by atoms with Crippen molar-refractivity contribution in [1.82, 2.24) is 0 Å². The number of hydrogen-bond acceptors (Lipinski definition) is 8. The van der Waals surface area contributed by atoms with Crippen molar-refractivity contribution in [3.8, 4) is 11.5 Å². The van der Waals surface area contributed by atoms with Gasteiger partial charge in [0.15, 0.2) is 0 Å². The summed E-state index contributed by atoms with van der Waals surface area (Å²) in [6.45, 7) is 11.8. The lowest BCUT2D eigenvalue weighted by Crippen LogP contribution is -2.29. The van der Waals surface area contributed by atoms with Crippen LogP contribution < -0.4 is 9.47 Å². The van der Waals surface area contributed by atoms with E-state index in [1.54, 1.807) is 24.3 Å². The van der Waals surface area contributed by atoms with Gasteiger partial charge in [0.2, 0.25) is 0 Å². The molecule has 8 heteroatoms. The van der Waals surface area contributed by atoms with Crippen LogP contribution in [0.5, 0.6) is 11.5 Å². The van der Waals surface area contributed by atoms with E-state index in [4.69, 9.17) is 18.9 Å². The van der Waals surface area contributed by atoms with Gasteiger partial charge in [0.1, 0.15) is 43.0 Å². The molecule has 1 aromatic carbocycles. The summed E-state index contributed by atoms with van der Waals surface area (Å²) in [5, 5.41) is 20.4. The maximum Gasteiger partial charge on any atom is 0.331 e. The van der Waals surface area contributed by atoms with Crippen LogP contribution in [0.4, 0.5) is 0 Å². The van der Waals surface area contributed by atoms with Crippen molar-refractivity contribution in [3.63, 3.8) is 0 Å². The van der Waals surface area contributed by atoms with Crippen LogP contribution >= 0.6 is 0 Å². The molecular weight excluding hydrogens is 464 g/mol. The first-order valence-corrected chi connectivity index (χ1v) is 12.8. The predicted octanol–water partition coefficient (Wildman–Crippen LogP) is 4.60. The van der Waals surface area contributed by atoms with E-state index in [0.29, 0.717) is 30.8 Å². The Morgan fingerprint density at radius 3 is 1.89 bits per heavy atom. The minimum Gasteiger partial charge on any atom is -0.491 e. The van der Waals surface area contributed by atoms with E-state index in [9.17, 15) is 19.8 Å². The Hall–Kier alpha value is -2.58. The lowest BCUT2D eigenvalue weighted by atomic mass is 9.80. The zero-order chi connectivity index (χ0) is 27.2. The summed E-state index contributed by atoms with van der Waals surface area (Å²) in [4.78, 5) is 23.7. The second kappa shape index (κ2) is 15.5. The van der Waals surface area contributed by atoms with Gasteiger partial charge in [0.25, 0.3) is 0 Å². The summed E-state index contributed by atoms with van der Waals surface area (Å²) in [5.74, 6) is -0.378. The molecule has 0 saturated carbocycles. The van der Waals surface area contributed by atoms with Gasteiger partial charge in [-0.05, 0) is 43.7 Å². The van der Waals surface area contributed by atoms with Gasteiger partial charge in [-0.1, -0.05) is 53.5 Å².